The van der Waals surface area contributed by atoms with Crippen molar-refractivity contribution in [3.8, 4) is 0 Å². The van der Waals surface area contributed by atoms with Crippen molar-refractivity contribution < 1.29 is 19.4 Å². The van der Waals surface area contributed by atoms with Crippen molar-refractivity contribution in [2.45, 2.75) is 44.8 Å². The maximum atomic E-state index is 12.5. The third-order valence-corrected chi connectivity index (χ3v) is 5.73. The van der Waals surface area contributed by atoms with E-state index in [1.807, 2.05) is 24.4 Å². The Bertz CT molecular complexity index is 582. The Kier molecular flexibility index (Phi) is 6.51. The summed E-state index contributed by atoms with van der Waals surface area (Å²) < 4.78 is 11.7. The topological polar surface area (TPSA) is 67.8 Å². The fourth-order valence-corrected chi connectivity index (χ4v) is 4.09. The van der Waals surface area contributed by atoms with Crippen LogP contribution in [0.4, 0.5) is 0 Å². The number of nitrogens with one attached hydrogen (secondary N) is 1. The lowest BCUT2D eigenvalue weighted by Crippen LogP contribution is -2.39. The molecule has 5 nitrogen and oxygen atoms in total. The van der Waals surface area contributed by atoms with Gasteiger partial charge in [0.15, 0.2) is 5.76 Å². The highest BCUT2D eigenvalue weighted by atomic mass is 32.1. The first kappa shape index (κ1) is 18.4. The lowest BCUT2D eigenvalue weighted by Gasteiger charge is -2.36. The van der Waals surface area contributed by atoms with Crippen LogP contribution in [0, 0.1) is 11.8 Å². The molecule has 0 saturated heterocycles. The monoisotopic (exact) mass is 365 g/mol. The molecule has 25 heavy (non-hydrogen) atoms. The minimum atomic E-state index is -0.463. The standard InChI is InChI=1S/C19H27NO4S/c1-2-23-19-14(5-3-9-21)15(17-6-4-10-25-17)11-16(24-19)18(22)20-12-13-7-8-13/h4,6,10-11,13-15,19,21H,2-3,5,7-9,12H2,1H3,(H,20,22)/t14-,15-,19+/m1/s1. The zero-order chi connectivity index (χ0) is 17.6. The van der Waals surface area contributed by atoms with Crippen LogP contribution in [0.15, 0.2) is 29.3 Å². The molecule has 6 heteroatoms. The van der Waals surface area contributed by atoms with Crippen LogP contribution in [0.2, 0.25) is 0 Å². The molecule has 0 radical (unpaired) electrons. The Balaban J connectivity index is 1.80. The van der Waals surface area contributed by atoms with E-state index in [2.05, 4.69) is 11.4 Å². The second kappa shape index (κ2) is 8.83. The Morgan fingerprint density at radius 3 is 2.96 bits per heavy atom. The summed E-state index contributed by atoms with van der Waals surface area (Å²) in [6.45, 7) is 3.31. The molecule has 1 saturated carbocycles. The molecule has 2 heterocycles. The Morgan fingerprint density at radius 2 is 2.32 bits per heavy atom. The summed E-state index contributed by atoms with van der Waals surface area (Å²) in [7, 11) is 0. The van der Waals surface area contributed by atoms with Crippen LogP contribution in [0.25, 0.3) is 0 Å². The molecular weight excluding hydrogens is 338 g/mol. The summed E-state index contributed by atoms with van der Waals surface area (Å²) in [6.07, 6.45) is 5.35. The Labute approximate surface area is 153 Å². The lowest BCUT2D eigenvalue weighted by molar-refractivity contribution is -0.166. The van der Waals surface area contributed by atoms with Gasteiger partial charge in [-0.3, -0.25) is 4.79 Å². The van der Waals surface area contributed by atoms with Gasteiger partial charge in [-0.1, -0.05) is 6.07 Å². The maximum absolute atomic E-state index is 12.5. The van der Waals surface area contributed by atoms with Gasteiger partial charge in [-0.05, 0) is 56.0 Å². The first-order valence-corrected chi connectivity index (χ1v) is 10.0. The third kappa shape index (κ3) is 4.84. The van der Waals surface area contributed by atoms with Gasteiger partial charge in [-0.2, -0.15) is 0 Å². The van der Waals surface area contributed by atoms with Gasteiger partial charge in [0.1, 0.15) is 0 Å². The lowest BCUT2D eigenvalue weighted by atomic mass is 9.84. The number of hydrogen-bond donors (Lipinski definition) is 2. The quantitative estimate of drug-likeness (QED) is 0.706. The molecule has 2 aliphatic rings. The second-order valence-electron chi connectivity index (χ2n) is 6.70. The fourth-order valence-electron chi connectivity index (χ4n) is 3.22. The number of aliphatic hydroxyl groups excluding tert-OH is 1. The van der Waals surface area contributed by atoms with E-state index in [4.69, 9.17) is 9.47 Å². The van der Waals surface area contributed by atoms with Crippen LogP contribution in [-0.2, 0) is 14.3 Å². The number of amides is 1. The number of thiophene rings is 1. The summed E-state index contributed by atoms with van der Waals surface area (Å²) in [5.41, 5.74) is 0. The Hall–Kier alpha value is -1.37. The van der Waals surface area contributed by atoms with E-state index < -0.39 is 6.29 Å². The van der Waals surface area contributed by atoms with Crippen molar-refractivity contribution in [2.75, 3.05) is 19.8 Å². The normalized spacial score (nSPS) is 26.0. The highest BCUT2D eigenvalue weighted by Crippen LogP contribution is 2.41. The molecular formula is C19H27NO4S. The molecule has 138 valence electrons. The molecule has 1 aliphatic heterocycles. The molecule has 0 bridgehead atoms. The number of hydrogen-bond acceptors (Lipinski definition) is 5. The molecule has 1 aromatic heterocycles. The van der Waals surface area contributed by atoms with Gasteiger partial charge >= 0.3 is 0 Å². The number of rotatable bonds is 9. The predicted octanol–water partition coefficient (Wildman–Crippen LogP) is 3.02. The molecule has 2 N–H and O–H groups in total. The van der Waals surface area contributed by atoms with Gasteiger partial charge < -0.3 is 19.9 Å². The van der Waals surface area contributed by atoms with Gasteiger partial charge in [-0.15, -0.1) is 11.3 Å². The number of carbonyl (C=O) groups excluding carboxylic acids is 1. The average molecular weight is 365 g/mol. The largest absolute Gasteiger partial charge is 0.459 e. The number of carbonyl (C=O) groups is 1. The van der Waals surface area contributed by atoms with Crippen molar-refractivity contribution in [1.82, 2.24) is 5.32 Å². The van der Waals surface area contributed by atoms with E-state index in [1.165, 1.54) is 17.7 Å². The van der Waals surface area contributed by atoms with Crippen LogP contribution >= 0.6 is 11.3 Å². The molecule has 3 atom stereocenters. The summed E-state index contributed by atoms with van der Waals surface area (Å²) in [5.74, 6) is 0.988. The third-order valence-electron chi connectivity index (χ3n) is 4.76. The summed E-state index contributed by atoms with van der Waals surface area (Å²) in [4.78, 5) is 13.7. The van der Waals surface area contributed by atoms with Crippen LogP contribution in [0.3, 0.4) is 0 Å². The van der Waals surface area contributed by atoms with Gasteiger partial charge in [-0.25, -0.2) is 0 Å². The van der Waals surface area contributed by atoms with Crippen LogP contribution in [0.5, 0.6) is 0 Å². The molecule has 3 rings (SSSR count). The van der Waals surface area contributed by atoms with Crippen molar-refractivity contribution in [3.63, 3.8) is 0 Å². The first-order chi connectivity index (χ1) is 12.2. The molecule has 0 spiro atoms. The maximum Gasteiger partial charge on any atom is 0.286 e. The van der Waals surface area contributed by atoms with Crippen molar-refractivity contribution in [3.05, 3.63) is 34.2 Å². The zero-order valence-electron chi connectivity index (χ0n) is 14.6. The number of allylic oxidation sites excluding steroid dienone is 1. The number of aliphatic hydroxyl groups is 1. The van der Waals surface area contributed by atoms with Gasteiger partial charge in [0.05, 0.1) is 0 Å². The molecule has 1 aromatic rings. The molecule has 0 unspecified atom stereocenters. The fraction of sp³-hybridized carbons (Fsp3) is 0.632. The van der Waals surface area contributed by atoms with Gasteiger partial charge in [0.2, 0.25) is 6.29 Å². The average Bonchev–Trinajstić information content (AvgIpc) is 3.29. The molecule has 1 fully saturated rings. The molecule has 1 aliphatic carbocycles. The Morgan fingerprint density at radius 1 is 1.48 bits per heavy atom. The predicted molar refractivity (Wildman–Crippen MR) is 97.2 cm³/mol. The van der Waals surface area contributed by atoms with Crippen molar-refractivity contribution in [1.29, 1.82) is 0 Å². The second-order valence-corrected chi connectivity index (χ2v) is 7.68. The van der Waals surface area contributed by atoms with E-state index in [9.17, 15) is 9.90 Å². The summed E-state index contributed by atoms with van der Waals surface area (Å²) >= 11 is 1.68. The highest BCUT2D eigenvalue weighted by Gasteiger charge is 2.38. The van der Waals surface area contributed by atoms with E-state index in [0.29, 0.717) is 24.7 Å². The smallest absolute Gasteiger partial charge is 0.286 e. The van der Waals surface area contributed by atoms with Crippen LogP contribution in [0.1, 0.15) is 43.4 Å². The molecule has 0 aromatic carbocycles. The summed E-state index contributed by atoms with van der Waals surface area (Å²) in [6, 6.07) is 4.11. The zero-order valence-corrected chi connectivity index (χ0v) is 15.5. The van der Waals surface area contributed by atoms with Crippen LogP contribution in [-0.4, -0.2) is 37.1 Å². The van der Waals surface area contributed by atoms with Crippen molar-refractivity contribution >= 4 is 17.2 Å². The SMILES string of the molecule is CCO[C@H]1OC(C(=O)NCC2CC2)=C[C@@H](c2cccs2)[C@H]1CCCO. The van der Waals surface area contributed by atoms with Crippen molar-refractivity contribution in [2.24, 2.45) is 11.8 Å². The van der Waals surface area contributed by atoms with E-state index in [-0.39, 0.29) is 24.3 Å². The van der Waals surface area contributed by atoms with Gasteiger partial charge in [0.25, 0.3) is 5.91 Å². The minimum absolute atomic E-state index is 0.0681. The minimum Gasteiger partial charge on any atom is -0.459 e. The van der Waals surface area contributed by atoms with E-state index in [1.54, 1.807) is 11.3 Å². The molecule has 1 amide bonds. The first-order valence-electron chi connectivity index (χ1n) is 9.15. The summed E-state index contributed by atoms with van der Waals surface area (Å²) in [5, 5.41) is 14.3. The van der Waals surface area contributed by atoms with Crippen LogP contribution < -0.4 is 5.32 Å². The number of ether oxygens (including phenoxy) is 2. The van der Waals surface area contributed by atoms with E-state index >= 15 is 0 Å². The van der Waals surface area contributed by atoms with Gasteiger partial charge in [0, 0.05) is 36.5 Å². The van der Waals surface area contributed by atoms with E-state index in [0.717, 1.165) is 13.0 Å². The highest BCUT2D eigenvalue weighted by molar-refractivity contribution is 7.10.